The topological polar surface area (TPSA) is 27.7 Å². The van der Waals surface area contributed by atoms with Crippen molar-refractivity contribution in [1.82, 2.24) is 0 Å². The van der Waals surface area contributed by atoms with Crippen molar-refractivity contribution < 1.29 is 14.2 Å². The van der Waals surface area contributed by atoms with Gasteiger partial charge in [0.25, 0.3) is 0 Å². The van der Waals surface area contributed by atoms with Crippen LogP contribution in [0.1, 0.15) is 33.1 Å². The summed E-state index contributed by atoms with van der Waals surface area (Å²) in [4.78, 5) is 0. The minimum atomic E-state index is 0.702. The highest BCUT2D eigenvalue weighted by Gasteiger charge is 1.91. The van der Waals surface area contributed by atoms with E-state index in [1.54, 1.807) is 0 Å². The molecule has 1 radical (unpaired) electrons. The van der Waals surface area contributed by atoms with Crippen molar-refractivity contribution in [2.75, 3.05) is 39.6 Å². The van der Waals surface area contributed by atoms with Crippen LogP contribution >= 0.6 is 0 Å². The maximum Gasteiger partial charge on any atom is 0.0700 e. The van der Waals surface area contributed by atoms with Gasteiger partial charge >= 0.3 is 0 Å². The van der Waals surface area contributed by atoms with Crippen LogP contribution in [0.25, 0.3) is 0 Å². The normalized spacial score (nSPS) is 10.8. The monoisotopic (exact) mass is 217 g/mol. The Labute approximate surface area is 94.1 Å². The minimum Gasteiger partial charge on any atom is -0.381 e. The molecule has 0 fully saturated rings. The van der Waals surface area contributed by atoms with E-state index in [-0.39, 0.29) is 0 Å². The lowest BCUT2D eigenvalue weighted by Crippen LogP contribution is -2.05. The molecule has 3 heteroatoms. The quantitative estimate of drug-likeness (QED) is 0.470. The molecule has 0 aliphatic rings. The van der Waals surface area contributed by atoms with Crippen molar-refractivity contribution in [2.24, 2.45) is 0 Å². The summed E-state index contributed by atoms with van der Waals surface area (Å²) in [5.41, 5.74) is 0. The Morgan fingerprint density at radius 1 is 0.733 bits per heavy atom. The first-order chi connectivity index (χ1) is 7.41. The second-order valence-electron chi connectivity index (χ2n) is 3.29. The SMILES string of the molecule is CCCOCC[CH]CCOCCOCC. The Morgan fingerprint density at radius 2 is 1.33 bits per heavy atom. The number of hydrogen-bond acceptors (Lipinski definition) is 3. The lowest BCUT2D eigenvalue weighted by atomic mass is 10.2. The summed E-state index contributed by atoms with van der Waals surface area (Å²) >= 11 is 0. The number of ether oxygens (including phenoxy) is 3. The molecule has 0 rings (SSSR count). The molecule has 0 unspecified atom stereocenters. The molecule has 0 heterocycles. The highest BCUT2D eigenvalue weighted by molar-refractivity contribution is 4.63. The van der Waals surface area contributed by atoms with Crippen molar-refractivity contribution in [3.8, 4) is 0 Å². The van der Waals surface area contributed by atoms with E-state index in [4.69, 9.17) is 14.2 Å². The Balaban J connectivity index is 2.81. The van der Waals surface area contributed by atoms with Gasteiger partial charge in [-0.1, -0.05) is 6.92 Å². The van der Waals surface area contributed by atoms with E-state index in [1.165, 1.54) is 0 Å². The number of unbranched alkanes of at least 4 members (excludes halogenated alkanes) is 2. The summed E-state index contributed by atoms with van der Waals surface area (Å²) in [6.45, 7) is 8.79. The molecule has 0 aromatic heterocycles. The molecule has 0 saturated carbocycles. The second kappa shape index (κ2) is 13.9. The Kier molecular flexibility index (Phi) is 13.8. The van der Waals surface area contributed by atoms with Crippen LogP contribution in [0.3, 0.4) is 0 Å². The summed E-state index contributed by atoms with van der Waals surface area (Å²) in [6.07, 6.45) is 5.34. The van der Waals surface area contributed by atoms with Crippen LogP contribution in [-0.2, 0) is 14.2 Å². The van der Waals surface area contributed by atoms with E-state index in [2.05, 4.69) is 13.3 Å². The minimum absolute atomic E-state index is 0.702. The Morgan fingerprint density at radius 3 is 1.93 bits per heavy atom. The fourth-order valence-corrected chi connectivity index (χ4v) is 1.09. The fraction of sp³-hybridized carbons (Fsp3) is 0.917. The van der Waals surface area contributed by atoms with Crippen LogP contribution in [0.4, 0.5) is 0 Å². The molecule has 0 amide bonds. The lowest BCUT2D eigenvalue weighted by molar-refractivity contribution is 0.0532. The van der Waals surface area contributed by atoms with E-state index in [1.807, 2.05) is 6.92 Å². The van der Waals surface area contributed by atoms with Gasteiger partial charge in [0, 0.05) is 26.4 Å². The molecule has 0 aromatic carbocycles. The van der Waals surface area contributed by atoms with Crippen molar-refractivity contribution >= 4 is 0 Å². The summed E-state index contributed by atoms with van der Waals surface area (Å²) in [6, 6.07) is 0. The standard InChI is InChI=1S/C12H25O3/c1-3-8-14-9-6-5-7-10-15-12-11-13-4-2/h5H,3-4,6-12H2,1-2H3. The van der Waals surface area contributed by atoms with E-state index in [9.17, 15) is 0 Å². The van der Waals surface area contributed by atoms with Crippen LogP contribution in [0.5, 0.6) is 0 Å². The van der Waals surface area contributed by atoms with Gasteiger partial charge in [0.05, 0.1) is 13.2 Å². The van der Waals surface area contributed by atoms with Crippen LogP contribution in [0.15, 0.2) is 0 Å². The average Bonchev–Trinajstić information content (AvgIpc) is 2.26. The van der Waals surface area contributed by atoms with Crippen molar-refractivity contribution in [2.45, 2.75) is 33.1 Å². The lowest BCUT2D eigenvalue weighted by Gasteiger charge is -2.04. The van der Waals surface area contributed by atoms with E-state index < -0.39 is 0 Å². The van der Waals surface area contributed by atoms with Gasteiger partial charge in [0.1, 0.15) is 0 Å². The molecule has 0 aromatic rings. The molecule has 15 heavy (non-hydrogen) atoms. The summed E-state index contributed by atoms with van der Waals surface area (Å²) in [7, 11) is 0. The highest BCUT2D eigenvalue weighted by Crippen LogP contribution is 1.95. The smallest absolute Gasteiger partial charge is 0.0700 e. The van der Waals surface area contributed by atoms with Crippen molar-refractivity contribution in [1.29, 1.82) is 0 Å². The molecular weight excluding hydrogens is 192 g/mol. The molecule has 91 valence electrons. The summed E-state index contributed by atoms with van der Waals surface area (Å²) in [5, 5.41) is 0. The third-order valence-electron chi connectivity index (χ3n) is 1.86. The predicted molar refractivity (Wildman–Crippen MR) is 62.0 cm³/mol. The van der Waals surface area contributed by atoms with Crippen molar-refractivity contribution in [3.63, 3.8) is 0 Å². The third kappa shape index (κ3) is 13.9. The molecule has 0 saturated heterocycles. The van der Waals surface area contributed by atoms with Crippen LogP contribution in [0.2, 0.25) is 0 Å². The average molecular weight is 217 g/mol. The maximum absolute atomic E-state index is 5.37. The van der Waals surface area contributed by atoms with Gasteiger partial charge in [-0.2, -0.15) is 0 Å². The molecule has 0 aliphatic heterocycles. The first-order valence-electron chi connectivity index (χ1n) is 5.96. The Bertz CT molecular complexity index is 95.0. The molecule has 0 N–H and O–H groups in total. The van der Waals surface area contributed by atoms with Gasteiger partial charge in [-0.15, -0.1) is 0 Å². The van der Waals surface area contributed by atoms with Crippen LogP contribution in [0, 0.1) is 6.42 Å². The third-order valence-corrected chi connectivity index (χ3v) is 1.86. The highest BCUT2D eigenvalue weighted by atomic mass is 16.5. The fourth-order valence-electron chi connectivity index (χ4n) is 1.09. The maximum atomic E-state index is 5.37. The first kappa shape index (κ1) is 14.9. The molecule has 3 nitrogen and oxygen atoms in total. The predicted octanol–water partition coefficient (Wildman–Crippen LogP) is 2.45. The number of hydrogen-bond donors (Lipinski definition) is 0. The van der Waals surface area contributed by atoms with Crippen LogP contribution < -0.4 is 0 Å². The van der Waals surface area contributed by atoms with E-state index in [0.717, 1.165) is 45.7 Å². The van der Waals surface area contributed by atoms with E-state index in [0.29, 0.717) is 13.2 Å². The molecular formula is C12H25O3. The molecule has 0 atom stereocenters. The largest absolute Gasteiger partial charge is 0.381 e. The van der Waals surface area contributed by atoms with Crippen molar-refractivity contribution in [3.05, 3.63) is 6.42 Å². The van der Waals surface area contributed by atoms with E-state index >= 15 is 0 Å². The van der Waals surface area contributed by atoms with Crippen LogP contribution in [-0.4, -0.2) is 39.6 Å². The summed E-state index contributed by atoms with van der Waals surface area (Å²) in [5.74, 6) is 0. The van der Waals surface area contributed by atoms with Gasteiger partial charge in [-0.25, -0.2) is 0 Å². The molecule has 0 bridgehead atoms. The first-order valence-corrected chi connectivity index (χ1v) is 5.96. The second-order valence-corrected chi connectivity index (χ2v) is 3.29. The Hall–Kier alpha value is -0.120. The zero-order chi connectivity index (χ0) is 11.2. The zero-order valence-electron chi connectivity index (χ0n) is 10.2. The summed E-state index contributed by atoms with van der Waals surface area (Å²) < 4.78 is 15.9. The van der Waals surface area contributed by atoms with Gasteiger partial charge in [0.15, 0.2) is 0 Å². The zero-order valence-corrected chi connectivity index (χ0v) is 10.2. The molecule has 0 aliphatic carbocycles. The van der Waals surface area contributed by atoms with Gasteiger partial charge in [0.2, 0.25) is 0 Å². The number of rotatable bonds is 12. The van der Waals surface area contributed by atoms with Gasteiger partial charge < -0.3 is 14.2 Å². The van der Waals surface area contributed by atoms with Gasteiger partial charge in [-0.3, -0.25) is 0 Å². The molecule has 0 spiro atoms. The van der Waals surface area contributed by atoms with Gasteiger partial charge in [-0.05, 0) is 32.6 Å².